The number of aliphatic hydroxyl groups is 1. The van der Waals surface area contributed by atoms with Gasteiger partial charge in [0.1, 0.15) is 0 Å². The Balaban J connectivity index is 0. The summed E-state index contributed by atoms with van der Waals surface area (Å²) >= 11 is 0. The molecule has 1 aliphatic rings. The van der Waals surface area contributed by atoms with E-state index in [4.69, 9.17) is 5.11 Å². The third-order valence-electron chi connectivity index (χ3n) is 0.586. The summed E-state index contributed by atoms with van der Waals surface area (Å²) in [6, 6.07) is 0. The standard InChI is InChI=1S/C5H5.C2H6O.Ru/c1-2-4-5-3-1;1-2-3;/h1-3H,4H2;3H,2H2,1H3;/q-1;;+1. The first kappa shape index (κ1) is 11.8. The first-order valence-electron chi connectivity index (χ1n) is 2.74. The molecule has 1 N–H and O–H groups in total. The summed E-state index contributed by atoms with van der Waals surface area (Å²) in [5, 5.41) is 7.57. The summed E-state index contributed by atoms with van der Waals surface area (Å²) in [4.78, 5) is 0. The van der Waals surface area contributed by atoms with Gasteiger partial charge < -0.3 is 5.11 Å². The van der Waals surface area contributed by atoms with Crippen molar-refractivity contribution < 1.29 is 24.6 Å². The fourth-order valence-electron chi connectivity index (χ4n) is 0.340. The molecule has 0 amide bonds. The molecule has 0 heterocycles. The molecule has 0 unspecified atom stereocenters. The molecule has 9 heavy (non-hydrogen) atoms. The van der Waals surface area contributed by atoms with Crippen LogP contribution in [0.4, 0.5) is 0 Å². The Morgan fingerprint density at radius 2 is 2.22 bits per heavy atom. The predicted octanol–water partition coefficient (Wildman–Crippen LogP) is 1.30. The van der Waals surface area contributed by atoms with Gasteiger partial charge in [-0.1, -0.05) is 0 Å². The molecule has 0 aromatic rings. The molecule has 0 saturated heterocycles. The van der Waals surface area contributed by atoms with E-state index in [0.717, 1.165) is 6.42 Å². The third-order valence-corrected chi connectivity index (χ3v) is 0.586. The molecule has 1 aliphatic carbocycles. The summed E-state index contributed by atoms with van der Waals surface area (Å²) in [7, 11) is 0. The molecule has 0 atom stereocenters. The van der Waals surface area contributed by atoms with Gasteiger partial charge in [-0.3, -0.25) is 6.08 Å². The number of rotatable bonds is 0. The van der Waals surface area contributed by atoms with E-state index < -0.39 is 0 Å². The van der Waals surface area contributed by atoms with Crippen LogP contribution in [0.15, 0.2) is 18.2 Å². The minimum Gasteiger partial charge on any atom is -0.397 e. The van der Waals surface area contributed by atoms with Gasteiger partial charge in [0.15, 0.2) is 0 Å². The minimum atomic E-state index is 0. The molecule has 0 aliphatic heterocycles. The van der Waals surface area contributed by atoms with Crippen LogP contribution in [0.25, 0.3) is 0 Å². The second-order valence-corrected chi connectivity index (χ2v) is 1.32. The van der Waals surface area contributed by atoms with Gasteiger partial charge >= 0.3 is 19.5 Å². The van der Waals surface area contributed by atoms with Crippen molar-refractivity contribution in [3.63, 3.8) is 0 Å². The van der Waals surface area contributed by atoms with E-state index in [-0.39, 0.29) is 26.1 Å². The van der Waals surface area contributed by atoms with Gasteiger partial charge in [-0.2, -0.15) is 6.08 Å². The van der Waals surface area contributed by atoms with Crippen LogP contribution < -0.4 is 0 Å². The summed E-state index contributed by atoms with van der Waals surface area (Å²) in [6.45, 7) is 1.93. The molecule has 0 bridgehead atoms. The second kappa shape index (κ2) is 10.9. The Hall–Kier alpha value is 0.0634. The zero-order valence-electron chi connectivity index (χ0n) is 5.45. The van der Waals surface area contributed by atoms with Crippen molar-refractivity contribution in [3.05, 3.63) is 24.3 Å². The summed E-state index contributed by atoms with van der Waals surface area (Å²) in [5.74, 6) is 0. The quantitative estimate of drug-likeness (QED) is 0.474. The average Bonchev–Trinajstić information content (AvgIpc) is 2.17. The molecular weight excluding hydrogens is 201 g/mol. The summed E-state index contributed by atoms with van der Waals surface area (Å²) in [6.07, 6.45) is 10.0. The van der Waals surface area contributed by atoms with Crippen molar-refractivity contribution in [2.45, 2.75) is 13.3 Å². The van der Waals surface area contributed by atoms with E-state index in [1.54, 1.807) is 6.92 Å². The molecule has 0 spiro atoms. The summed E-state index contributed by atoms with van der Waals surface area (Å²) < 4.78 is 0. The fraction of sp³-hybridized carbons (Fsp3) is 0.429. The molecule has 53 valence electrons. The first-order chi connectivity index (χ1) is 3.91. The van der Waals surface area contributed by atoms with E-state index in [1.165, 1.54) is 0 Å². The summed E-state index contributed by atoms with van der Waals surface area (Å²) in [5.41, 5.74) is 0. The smallest absolute Gasteiger partial charge is 0.397 e. The van der Waals surface area contributed by atoms with Gasteiger partial charge in [0.2, 0.25) is 0 Å². The Kier molecular flexibility index (Phi) is 14.4. The van der Waals surface area contributed by atoms with E-state index in [2.05, 4.69) is 12.2 Å². The van der Waals surface area contributed by atoms with Crippen molar-refractivity contribution in [2.75, 3.05) is 6.61 Å². The Morgan fingerprint density at radius 3 is 2.33 bits per heavy atom. The SMILES string of the molecule is CCO.[C-]1=CC=CC1.[Ru+]. The van der Waals surface area contributed by atoms with Crippen molar-refractivity contribution in [1.29, 1.82) is 0 Å². The Morgan fingerprint density at radius 1 is 1.67 bits per heavy atom. The van der Waals surface area contributed by atoms with Crippen LogP contribution in [0, 0.1) is 6.08 Å². The van der Waals surface area contributed by atoms with Crippen molar-refractivity contribution >= 4 is 0 Å². The van der Waals surface area contributed by atoms with Gasteiger partial charge in [0.25, 0.3) is 0 Å². The fourth-order valence-corrected chi connectivity index (χ4v) is 0.340. The Labute approximate surface area is 69.2 Å². The van der Waals surface area contributed by atoms with E-state index in [9.17, 15) is 0 Å². The van der Waals surface area contributed by atoms with E-state index in [0.29, 0.717) is 0 Å². The zero-order chi connectivity index (χ0) is 6.24. The topological polar surface area (TPSA) is 20.2 Å². The van der Waals surface area contributed by atoms with Gasteiger partial charge in [-0.25, -0.2) is 12.2 Å². The van der Waals surface area contributed by atoms with Crippen LogP contribution in [-0.2, 0) is 19.5 Å². The molecule has 1 radical (unpaired) electrons. The van der Waals surface area contributed by atoms with Gasteiger partial charge in [0, 0.05) is 6.61 Å². The van der Waals surface area contributed by atoms with Gasteiger partial charge in [-0.15, -0.1) is 6.42 Å². The van der Waals surface area contributed by atoms with Crippen LogP contribution in [0.1, 0.15) is 13.3 Å². The van der Waals surface area contributed by atoms with Crippen molar-refractivity contribution in [3.8, 4) is 0 Å². The molecule has 0 saturated carbocycles. The first-order valence-corrected chi connectivity index (χ1v) is 2.74. The van der Waals surface area contributed by atoms with Crippen LogP contribution in [0.5, 0.6) is 0 Å². The molecule has 0 fully saturated rings. The van der Waals surface area contributed by atoms with Crippen LogP contribution in [-0.4, -0.2) is 11.7 Å². The van der Waals surface area contributed by atoms with Crippen LogP contribution in [0.2, 0.25) is 0 Å². The van der Waals surface area contributed by atoms with Gasteiger partial charge in [-0.05, 0) is 6.92 Å². The number of hydrogen-bond acceptors (Lipinski definition) is 1. The Bertz CT molecular complexity index is 76.9. The monoisotopic (exact) mass is 213 g/mol. The molecule has 0 aromatic heterocycles. The van der Waals surface area contributed by atoms with E-state index in [1.807, 2.05) is 12.2 Å². The maximum absolute atomic E-state index is 7.57. The maximum atomic E-state index is 7.57. The average molecular weight is 212 g/mol. The number of allylic oxidation sites excluding steroid dienone is 4. The zero-order valence-corrected chi connectivity index (χ0v) is 7.19. The van der Waals surface area contributed by atoms with Crippen molar-refractivity contribution in [1.82, 2.24) is 0 Å². The largest absolute Gasteiger partial charge is 1.00 e. The number of aliphatic hydroxyl groups excluding tert-OH is 1. The second-order valence-electron chi connectivity index (χ2n) is 1.32. The molecule has 0 aromatic carbocycles. The normalized spacial score (nSPS) is 11.8. The minimum absolute atomic E-state index is 0. The molecule has 2 heteroatoms. The van der Waals surface area contributed by atoms with Crippen LogP contribution in [0.3, 0.4) is 0 Å². The van der Waals surface area contributed by atoms with Crippen molar-refractivity contribution in [2.24, 2.45) is 0 Å². The van der Waals surface area contributed by atoms with E-state index >= 15 is 0 Å². The van der Waals surface area contributed by atoms with Crippen LogP contribution >= 0.6 is 0 Å². The predicted molar refractivity (Wildman–Crippen MR) is 34.3 cm³/mol. The molecule has 1 nitrogen and oxygen atoms in total. The van der Waals surface area contributed by atoms with Gasteiger partial charge in [0.05, 0.1) is 0 Å². The molecular formula is C7H11ORu. The third kappa shape index (κ3) is 11.6. The molecule has 1 rings (SSSR count). The number of hydrogen-bond donors (Lipinski definition) is 1. The maximum Gasteiger partial charge on any atom is 1.00 e.